The molecule has 0 aliphatic rings. The second-order valence-corrected chi connectivity index (χ2v) is 5.59. The molecule has 0 unspecified atom stereocenters. The Morgan fingerprint density at radius 3 is 2.89 bits per heavy atom. The van der Waals surface area contributed by atoms with Gasteiger partial charge in [-0.3, -0.25) is 0 Å². The van der Waals surface area contributed by atoms with Gasteiger partial charge in [-0.15, -0.1) is 0 Å². The fraction of sp³-hybridized carbons (Fsp3) is 0.357. The summed E-state index contributed by atoms with van der Waals surface area (Å²) in [6.07, 6.45) is 2.63. The van der Waals surface area contributed by atoms with E-state index < -0.39 is 0 Å². The molecule has 19 heavy (non-hydrogen) atoms. The van der Waals surface area contributed by atoms with Gasteiger partial charge in [0.05, 0.1) is 16.4 Å². The van der Waals surface area contributed by atoms with E-state index in [1.807, 2.05) is 0 Å². The lowest BCUT2D eigenvalue weighted by atomic mass is 10.2. The van der Waals surface area contributed by atoms with Crippen molar-refractivity contribution in [2.75, 3.05) is 6.54 Å². The second-order valence-electron chi connectivity index (χ2n) is 4.73. The van der Waals surface area contributed by atoms with Crippen molar-refractivity contribution in [2.45, 2.75) is 26.3 Å². The Kier molecular flexibility index (Phi) is 4.71. The van der Waals surface area contributed by atoms with E-state index >= 15 is 0 Å². The standard InChI is InChI=1S/C14H17BrFN3/c1-9(2)17-6-5-14-18-8-13(19-14)10-3-4-12(16)11(15)7-10/h3-4,7-9,17H,5-6H2,1-2H3,(H,18,19). The van der Waals surface area contributed by atoms with Gasteiger partial charge < -0.3 is 10.3 Å². The lowest BCUT2D eigenvalue weighted by Gasteiger charge is -2.05. The van der Waals surface area contributed by atoms with Gasteiger partial charge in [-0.25, -0.2) is 9.37 Å². The molecule has 0 aliphatic heterocycles. The van der Waals surface area contributed by atoms with Gasteiger partial charge in [0.2, 0.25) is 0 Å². The Labute approximate surface area is 120 Å². The van der Waals surface area contributed by atoms with Gasteiger partial charge in [0.1, 0.15) is 11.6 Å². The molecule has 0 amide bonds. The number of aromatic nitrogens is 2. The SMILES string of the molecule is CC(C)NCCc1ncc(-c2ccc(F)c(Br)c2)[nH]1. The minimum Gasteiger partial charge on any atom is -0.342 e. The van der Waals surface area contributed by atoms with Crippen molar-refractivity contribution in [3.8, 4) is 11.3 Å². The van der Waals surface area contributed by atoms with E-state index in [0.29, 0.717) is 10.5 Å². The number of nitrogens with zero attached hydrogens (tertiary/aromatic N) is 1. The topological polar surface area (TPSA) is 40.7 Å². The monoisotopic (exact) mass is 325 g/mol. The number of imidazole rings is 1. The van der Waals surface area contributed by atoms with Gasteiger partial charge in [0.25, 0.3) is 0 Å². The Bertz CT molecular complexity index is 551. The molecule has 0 bridgehead atoms. The molecular formula is C14H17BrFN3. The van der Waals surface area contributed by atoms with Crippen molar-refractivity contribution in [1.82, 2.24) is 15.3 Å². The summed E-state index contributed by atoms with van der Waals surface area (Å²) in [5, 5.41) is 3.34. The number of benzene rings is 1. The first-order valence-electron chi connectivity index (χ1n) is 6.29. The third-order valence-corrected chi connectivity index (χ3v) is 3.38. The zero-order valence-electron chi connectivity index (χ0n) is 11.0. The van der Waals surface area contributed by atoms with Crippen LogP contribution in [0.5, 0.6) is 0 Å². The molecule has 1 aromatic carbocycles. The first kappa shape index (κ1) is 14.2. The number of halogens is 2. The molecule has 0 spiro atoms. The number of hydrogen-bond donors (Lipinski definition) is 2. The Balaban J connectivity index is 2.05. The van der Waals surface area contributed by atoms with E-state index in [-0.39, 0.29) is 5.82 Å². The van der Waals surface area contributed by atoms with E-state index in [1.165, 1.54) is 6.07 Å². The van der Waals surface area contributed by atoms with E-state index in [0.717, 1.165) is 30.0 Å². The Morgan fingerprint density at radius 2 is 2.21 bits per heavy atom. The number of nitrogens with one attached hydrogen (secondary N) is 2. The first-order valence-corrected chi connectivity index (χ1v) is 7.08. The number of rotatable bonds is 5. The zero-order chi connectivity index (χ0) is 13.8. The van der Waals surface area contributed by atoms with Crippen LogP contribution in [-0.4, -0.2) is 22.6 Å². The molecule has 2 N–H and O–H groups in total. The van der Waals surface area contributed by atoms with Crippen LogP contribution in [0.4, 0.5) is 4.39 Å². The molecule has 1 heterocycles. The van der Waals surface area contributed by atoms with Crippen molar-refractivity contribution in [3.05, 3.63) is 40.5 Å². The third-order valence-electron chi connectivity index (χ3n) is 2.77. The molecular weight excluding hydrogens is 309 g/mol. The molecule has 0 fully saturated rings. The van der Waals surface area contributed by atoms with Gasteiger partial charge in [0, 0.05) is 24.6 Å². The number of aromatic amines is 1. The minimum atomic E-state index is -0.260. The van der Waals surface area contributed by atoms with Crippen molar-refractivity contribution >= 4 is 15.9 Å². The van der Waals surface area contributed by atoms with Crippen LogP contribution >= 0.6 is 15.9 Å². The van der Waals surface area contributed by atoms with Crippen LogP contribution in [0.1, 0.15) is 19.7 Å². The van der Waals surface area contributed by atoms with Crippen LogP contribution in [0.15, 0.2) is 28.9 Å². The highest BCUT2D eigenvalue weighted by Gasteiger charge is 2.06. The van der Waals surface area contributed by atoms with Crippen molar-refractivity contribution < 1.29 is 4.39 Å². The largest absolute Gasteiger partial charge is 0.342 e. The summed E-state index contributed by atoms with van der Waals surface area (Å²) in [6, 6.07) is 5.41. The molecule has 0 saturated heterocycles. The maximum Gasteiger partial charge on any atom is 0.137 e. The third kappa shape index (κ3) is 3.88. The highest BCUT2D eigenvalue weighted by Crippen LogP contribution is 2.23. The summed E-state index contributed by atoms with van der Waals surface area (Å²) in [7, 11) is 0. The first-order chi connectivity index (χ1) is 9.06. The molecule has 1 aromatic heterocycles. The van der Waals surface area contributed by atoms with Gasteiger partial charge in [0.15, 0.2) is 0 Å². The highest BCUT2D eigenvalue weighted by atomic mass is 79.9. The summed E-state index contributed by atoms with van der Waals surface area (Å²) in [4.78, 5) is 7.59. The van der Waals surface area contributed by atoms with Gasteiger partial charge in [-0.05, 0) is 34.1 Å². The minimum absolute atomic E-state index is 0.260. The summed E-state index contributed by atoms with van der Waals surface area (Å²) < 4.78 is 13.6. The number of H-pyrrole nitrogens is 1. The van der Waals surface area contributed by atoms with E-state index in [9.17, 15) is 4.39 Å². The predicted octanol–water partition coefficient (Wildman–Crippen LogP) is 3.52. The summed E-state index contributed by atoms with van der Waals surface area (Å²) in [5.41, 5.74) is 1.82. The second kappa shape index (κ2) is 6.30. The molecule has 2 aromatic rings. The summed E-state index contributed by atoms with van der Waals surface area (Å²) in [6.45, 7) is 5.12. The van der Waals surface area contributed by atoms with Crippen LogP contribution in [-0.2, 0) is 6.42 Å². The molecule has 2 rings (SSSR count). The lowest BCUT2D eigenvalue weighted by Crippen LogP contribution is -2.25. The summed E-state index contributed by atoms with van der Waals surface area (Å²) >= 11 is 3.19. The van der Waals surface area contributed by atoms with Crippen LogP contribution in [0.25, 0.3) is 11.3 Å². The van der Waals surface area contributed by atoms with Crippen LogP contribution in [0, 0.1) is 5.82 Å². The normalized spacial score (nSPS) is 11.2. The van der Waals surface area contributed by atoms with Crippen LogP contribution < -0.4 is 5.32 Å². The number of hydrogen-bond acceptors (Lipinski definition) is 2. The van der Waals surface area contributed by atoms with Gasteiger partial charge in [-0.1, -0.05) is 13.8 Å². The summed E-state index contributed by atoms with van der Waals surface area (Å²) in [5.74, 6) is 0.674. The Hall–Kier alpha value is -1.20. The quantitative estimate of drug-likeness (QED) is 0.883. The average molecular weight is 326 g/mol. The molecule has 5 heteroatoms. The van der Waals surface area contributed by atoms with Crippen molar-refractivity contribution in [3.63, 3.8) is 0 Å². The van der Waals surface area contributed by atoms with E-state index in [4.69, 9.17) is 0 Å². The smallest absolute Gasteiger partial charge is 0.137 e. The molecule has 0 radical (unpaired) electrons. The van der Waals surface area contributed by atoms with Crippen LogP contribution in [0.3, 0.4) is 0 Å². The zero-order valence-corrected chi connectivity index (χ0v) is 12.6. The van der Waals surface area contributed by atoms with Crippen molar-refractivity contribution in [2.24, 2.45) is 0 Å². The molecule has 0 atom stereocenters. The van der Waals surface area contributed by atoms with Gasteiger partial charge in [-0.2, -0.15) is 0 Å². The fourth-order valence-corrected chi connectivity index (χ4v) is 2.16. The maximum absolute atomic E-state index is 13.2. The lowest BCUT2D eigenvalue weighted by molar-refractivity contribution is 0.584. The van der Waals surface area contributed by atoms with Gasteiger partial charge >= 0.3 is 0 Å². The van der Waals surface area contributed by atoms with E-state index in [1.54, 1.807) is 18.3 Å². The van der Waals surface area contributed by atoms with E-state index in [2.05, 4.69) is 45.1 Å². The average Bonchev–Trinajstić information content (AvgIpc) is 2.81. The molecule has 102 valence electrons. The van der Waals surface area contributed by atoms with Crippen LogP contribution in [0.2, 0.25) is 0 Å². The maximum atomic E-state index is 13.2. The highest BCUT2D eigenvalue weighted by molar-refractivity contribution is 9.10. The molecule has 0 aliphatic carbocycles. The fourth-order valence-electron chi connectivity index (χ4n) is 1.78. The molecule has 3 nitrogen and oxygen atoms in total. The van der Waals surface area contributed by atoms with Crippen molar-refractivity contribution in [1.29, 1.82) is 0 Å². The molecule has 0 saturated carbocycles. The Morgan fingerprint density at radius 1 is 1.42 bits per heavy atom. The predicted molar refractivity (Wildman–Crippen MR) is 78.5 cm³/mol.